The van der Waals surface area contributed by atoms with E-state index in [4.69, 9.17) is 4.74 Å². The van der Waals surface area contributed by atoms with Crippen LogP contribution >= 0.6 is 0 Å². The summed E-state index contributed by atoms with van der Waals surface area (Å²) in [6.07, 6.45) is 0.752. The molecule has 4 rings (SSSR count). The second-order valence-corrected chi connectivity index (χ2v) is 9.76. The number of carbonyl (C=O) groups excluding carboxylic acids is 3. The van der Waals surface area contributed by atoms with Gasteiger partial charge < -0.3 is 25.4 Å². The van der Waals surface area contributed by atoms with E-state index in [0.717, 1.165) is 5.56 Å². The van der Waals surface area contributed by atoms with Crippen LogP contribution in [0.2, 0.25) is 0 Å². The lowest BCUT2D eigenvalue weighted by Gasteiger charge is -2.38. The van der Waals surface area contributed by atoms with Crippen molar-refractivity contribution in [3.8, 4) is 0 Å². The second-order valence-electron chi connectivity index (χ2n) is 9.76. The molecule has 0 aliphatic carbocycles. The average Bonchev–Trinajstić information content (AvgIpc) is 3.35. The Morgan fingerprint density at radius 2 is 1.94 bits per heavy atom. The van der Waals surface area contributed by atoms with Gasteiger partial charge in [-0.1, -0.05) is 30.3 Å². The van der Waals surface area contributed by atoms with Crippen LogP contribution in [0.5, 0.6) is 0 Å². The maximum atomic E-state index is 13.8. The van der Waals surface area contributed by atoms with Gasteiger partial charge in [0.25, 0.3) is 0 Å². The Hall–Kier alpha value is -2.45. The highest BCUT2D eigenvalue weighted by atomic mass is 16.5. The number of ether oxygens (including phenoxy) is 1. The summed E-state index contributed by atoms with van der Waals surface area (Å²) in [6, 6.07) is 7.53. The first-order valence-corrected chi connectivity index (χ1v) is 10.8. The Morgan fingerprint density at radius 1 is 1.26 bits per heavy atom. The number of benzene rings is 1. The van der Waals surface area contributed by atoms with Crippen LogP contribution < -0.4 is 10.6 Å². The summed E-state index contributed by atoms with van der Waals surface area (Å²) in [7, 11) is 1.54. The molecule has 0 saturated carbocycles. The van der Waals surface area contributed by atoms with E-state index < -0.39 is 35.1 Å². The van der Waals surface area contributed by atoms with Crippen molar-refractivity contribution in [2.75, 3.05) is 13.7 Å². The zero-order chi connectivity index (χ0) is 22.6. The third-order valence-electron chi connectivity index (χ3n) is 6.73. The maximum absolute atomic E-state index is 13.8. The molecule has 3 aliphatic heterocycles. The summed E-state index contributed by atoms with van der Waals surface area (Å²) >= 11 is 0. The molecular formula is C23H31N3O5. The summed E-state index contributed by atoms with van der Waals surface area (Å²) in [5.41, 5.74) is -0.857. The molecule has 6 atom stereocenters. The van der Waals surface area contributed by atoms with E-state index >= 15 is 0 Å². The van der Waals surface area contributed by atoms with Crippen LogP contribution in [-0.2, 0) is 19.1 Å². The van der Waals surface area contributed by atoms with Crippen LogP contribution in [0, 0.1) is 11.8 Å². The van der Waals surface area contributed by atoms with E-state index in [1.807, 2.05) is 51.1 Å². The zero-order valence-corrected chi connectivity index (χ0v) is 18.4. The van der Waals surface area contributed by atoms with E-state index in [2.05, 4.69) is 10.6 Å². The van der Waals surface area contributed by atoms with E-state index in [0.29, 0.717) is 12.8 Å². The van der Waals surface area contributed by atoms with Crippen LogP contribution in [0.4, 0.5) is 0 Å². The van der Waals surface area contributed by atoms with Crippen LogP contribution in [0.1, 0.15) is 45.2 Å². The number of hydrogen-bond acceptors (Lipinski definition) is 5. The molecule has 0 radical (unpaired) electrons. The number of amides is 3. The van der Waals surface area contributed by atoms with Crippen molar-refractivity contribution < 1.29 is 24.2 Å². The van der Waals surface area contributed by atoms with Crippen molar-refractivity contribution in [1.29, 1.82) is 0 Å². The van der Waals surface area contributed by atoms with Crippen molar-refractivity contribution in [3.05, 3.63) is 35.9 Å². The van der Waals surface area contributed by atoms with Crippen molar-refractivity contribution >= 4 is 17.7 Å². The lowest BCUT2D eigenvalue weighted by atomic mass is 9.70. The number of aliphatic hydroxyl groups excluding tert-OH is 1. The zero-order valence-electron chi connectivity index (χ0n) is 18.4. The Kier molecular flexibility index (Phi) is 5.34. The summed E-state index contributed by atoms with van der Waals surface area (Å²) in [5.74, 6) is -2.28. The summed E-state index contributed by atoms with van der Waals surface area (Å²) in [4.78, 5) is 41.6. The summed E-state index contributed by atoms with van der Waals surface area (Å²) in [6.45, 7) is 5.29. The molecule has 8 nitrogen and oxygen atoms in total. The molecule has 3 aliphatic rings. The Labute approximate surface area is 182 Å². The van der Waals surface area contributed by atoms with Gasteiger partial charge in [0.1, 0.15) is 11.6 Å². The van der Waals surface area contributed by atoms with Gasteiger partial charge in [0.05, 0.1) is 30.6 Å². The average molecular weight is 430 g/mol. The molecule has 3 amide bonds. The van der Waals surface area contributed by atoms with E-state index in [1.54, 1.807) is 7.05 Å². The van der Waals surface area contributed by atoms with Gasteiger partial charge in [0.15, 0.2) is 0 Å². The number of nitrogens with one attached hydrogen (secondary N) is 2. The number of nitrogens with zero attached hydrogens (tertiary/aromatic N) is 1. The molecular weight excluding hydrogens is 398 g/mol. The summed E-state index contributed by atoms with van der Waals surface area (Å²) in [5, 5.41) is 15.9. The number of aliphatic hydroxyl groups is 1. The van der Waals surface area contributed by atoms with Crippen molar-refractivity contribution in [1.82, 2.24) is 15.5 Å². The van der Waals surface area contributed by atoms with Crippen LogP contribution in [-0.4, -0.2) is 64.7 Å². The van der Waals surface area contributed by atoms with Gasteiger partial charge >= 0.3 is 0 Å². The van der Waals surface area contributed by atoms with Crippen molar-refractivity contribution in [3.63, 3.8) is 0 Å². The number of carbonyl (C=O) groups is 3. The number of rotatable bonds is 5. The molecule has 8 heteroatoms. The van der Waals surface area contributed by atoms with Crippen LogP contribution in [0.25, 0.3) is 0 Å². The first kappa shape index (κ1) is 21.8. The molecule has 0 aromatic heterocycles. The van der Waals surface area contributed by atoms with Gasteiger partial charge in [-0.3, -0.25) is 14.4 Å². The van der Waals surface area contributed by atoms with Gasteiger partial charge in [-0.2, -0.15) is 0 Å². The molecule has 3 heterocycles. The Balaban J connectivity index is 1.82. The quantitative estimate of drug-likeness (QED) is 0.640. The van der Waals surface area contributed by atoms with Crippen LogP contribution in [0.3, 0.4) is 0 Å². The first-order valence-electron chi connectivity index (χ1n) is 10.8. The first-order chi connectivity index (χ1) is 14.6. The minimum atomic E-state index is -1.07. The normalized spacial score (nSPS) is 32.7. The monoisotopic (exact) mass is 429 g/mol. The fourth-order valence-corrected chi connectivity index (χ4v) is 5.66. The molecule has 2 bridgehead atoms. The standard InChI is InChI=1S/C23H31N3O5/c1-22(2,3)25-20(29)18-23-11-10-15(31-23)16(19(28)24-4)17(23)21(30)26(18)14(12-27)13-8-6-5-7-9-13/h5-9,14-18,27H,10-12H2,1-4H3,(H,24,28)(H,25,29)/t14-,15-,16+,17+,18?,23?/m1/s1. The number of likely N-dealkylation sites (tertiary alicyclic amines) is 1. The molecule has 3 fully saturated rings. The van der Waals surface area contributed by atoms with Gasteiger partial charge in [0, 0.05) is 12.6 Å². The highest BCUT2D eigenvalue weighted by Gasteiger charge is 2.75. The number of fused-ring (bicyclic) bond motifs is 1. The third-order valence-corrected chi connectivity index (χ3v) is 6.73. The van der Waals surface area contributed by atoms with E-state index in [9.17, 15) is 19.5 Å². The van der Waals surface area contributed by atoms with Gasteiger partial charge in [-0.05, 0) is 39.2 Å². The lowest BCUT2D eigenvalue weighted by Crippen LogP contribution is -2.59. The fraction of sp³-hybridized carbons (Fsp3) is 0.609. The minimum absolute atomic E-state index is 0.248. The van der Waals surface area contributed by atoms with Gasteiger partial charge in [-0.15, -0.1) is 0 Å². The largest absolute Gasteiger partial charge is 0.394 e. The van der Waals surface area contributed by atoms with E-state index in [1.165, 1.54) is 4.90 Å². The minimum Gasteiger partial charge on any atom is -0.394 e. The smallest absolute Gasteiger partial charge is 0.246 e. The highest BCUT2D eigenvalue weighted by molar-refractivity contribution is 5.99. The van der Waals surface area contributed by atoms with E-state index in [-0.39, 0.29) is 30.4 Å². The predicted octanol–water partition coefficient (Wildman–Crippen LogP) is 0.755. The molecule has 31 heavy (non-hydrogen) atoms. The predicted molar refractivity (Wildman–Crippen MR) is 113 cm³/mol. The molecule has 3 N–H and O–H groups in total. The molecule has 3 saturated heterocycles. The second kappa shape index (κ2) is 7.60. The molecule has 2 unspecified atom stereocenters. The molecule has 1 spiro atoms. The Bertz CT molecular complexity index is 883. The number of hydrogen-bond donors (Lipinski definition) is 3. The molecule has 168 valence electrons. The van der Waals surface area contributed by atoms with Gasteiger partial charge in [-0.25, -0.2) is 0 Å². The summed E-state index contributed by atoms with van der Waals surface area (Å²) < 4.78 is 6.33. The Morgan fingerprint density at radius 3 is 2.52 bits per heavy atom. The van der Waals surface area contributed by atoms with Crippen LogP contribution in [0.15, 0.2) is 30.3 Å². The molecule has 1 aromatic rings. The SMILES string of the molecule is CNC(=O)[C@@H]1[C@H]2C(=O)N([C@H](CO)c3ccccc3)C(C(=O)NC(C)(C)C)C23CC[C@H]1O3. The van der Waals surface area contributed by atoms with Crippen molar-refractivity contribution in [2.24, 2.45) is 11.8 Å². The maximum Gasteiger partial charge on any atom is 0.246 e. The molecule has 1 aromatic carbocycles. The lowest BCUT2D eigenvalue weighted by molar-refractivity contribution is -0.146. The fourth-order valence-electron chi connectivity index (χ4n) is 5.66. The van der Waals surface area contributed by atoms with Gasteiger partial charge in [0.2, 0.25) is 17.7 Å². The third kappa shape index (κ3) is 3.32. The highest BCUT2D eigenvalue weighted by Crippen LogP contribution is 2.59. The van der Waals surface area contributed by atoms with Crippen molar-refractivity contribution in [2.45, 2.75) is 62.9 Å². The topological polar surface area (TPSA) is 108 Å².